The maximum absolute atomic E-state index is 12.4. The lowest BCUT2D eigenvalue weighted by molar-refractivity contribution is -0.151. The Kier molecular flexibility index (Phi) is 4.72. The normalized spacial score (nSPS) is 24.7. The van der Waals surface area contributed by atoms with E-state index in [-0.39, 0.29) is 12.4 Å². The maximum atomic E-state index is 12.4. The molecule has 5 nitrogen and oxygen atoms in total. The number of benzene rings is 1. The molecule has 1 aromatic rings. The van der Waals surface area contributed by atoms with Crippen molar-refractivity contribution in [3.05, 3.63) is 35.9 Å². The Morgan fingerprint density at radius 3 is 2.43 bits per heavy atom. The Morgan fingerprint density at radius 2 is 1.95 bits per heavy atom. The summed E-state index contributed by atoms with van der Waals surface area (Å²) in [5.74, 6) is -0.844. The van der Waals surface area contributed by atoms with Crippen molar-refractivity contribution in [3.63, 3.8) is 0 Å². The Bertz CT molecular complexity index is 567. The topological polar surface area (TPSA) is 72.8 Å². The Hall–Kier alpha value is -0.950. The second-order valence-electron chi connectivity index (χ2n) is 5.64. The van der Waals surface area contributed by atoms with Gasteiger partial charge in [0.2, 0.25) is 0 Å². The molecule has 0 radical (unpaired) electrons. The van der Waals surface area contributed by atoms with Crippen molar-refractivity contribution < 1.29 is 23.0 Å². The molecule has 1 N–H and O–H groups in total. The standard InChI is InChI=1S/C15H22O5S/c1-4-21(17,18)14(11-8-6-5-7-9-11)13(16)12-10-19-15(2,3)20-12/h5-9,12-14,16H,4,10H2,1-3H3/t12-,13-,14-/m1/s1. The molecule has 1 aliphatic rings. The largest absolute Gasteiger partial charge is 0.389 e. The highest BCUT2D eigenvalue weighted by Gasteiger charge is 2.44. The van der Waals surface area contributed by atoms with Crippen molar-refractivity contribution in [1.82, 2.24) is 0 Å². The van der Waals surface area contributed by atoms with Crippen LogP contribution in [0.15, 0.2) is 30.3 Å². The minimum atomic E-state index is -3.47. The molecule has 118 valence electrons. The zero-order valence-corrected chi connectivity index (χ0v) is 13.3. The predicted molar refractivity (Wildman–Crippen MR) is 79.6 cm³/mol. The summed E-state index contributed by atoms with van der Waals surface area (Å²) in [6, 6.07) is 8.75. The first kappa shape index (κ1) is 16.4. The Labute approximate surface area is 125 Å². The molecule has 0 aliphatic carbocycles. The van der Waals surface area contributed by atoms with Crippen LogP contribution in [0.1, 0.15) is 31.6 Å². The molecule has 2 rings (SSSR count). The van der Waals surface area contributed by atoms with Crippen LogP contribution < -0.4 is 0 Å². The van der Waals surface area contributed by atoms with Crippen LogP contribution in [0.5, 0.6) is 0 Å². The lowest BCUT2D eigenvalue weighted by Crippen LogP contribution is -2.39. The summed E-state index contributed by atoms with van der Waals surface area (Å²) in [4.78, 5) is 0. The molecule has 1 heterocycles. The highest BCUT2D eigenvalue weighted by atomic mass is 32.2. The lowest BCUT2D eigenvalue weighted by atomic mass is 10.0. The highest BCUT2D eigenvalue weighted by molar-refractivity contribution is 7.91. The average molecular weight is 314 g/mol. The first-order valence-corrected chi connectivity index (χ1v) is 8.75. The van der Waals surface area contributed by atoms with Crippen molar-refractivity contribution in [1.29, 1.82) is 0 Å². The predicted octanol–water partition coefficient (Wildman–Crippen LogP) is 1.67. The van der Waals surface area contributed by atoms with Crippen LogP contribution in [0.2, 0.25) is 0 Å². The zero-order chi connectivity index (χ0) is 15.7. The molecular formula is C15H22O5S. The van der Waals surface area contributed by atoms with E-state index < -0.39 is 33.1 Å². The van der Waals surface area contributed by atoms with Gasteiger partial charge in [-0.25, -0.2) is 8.42 Å². The molecule has 1 fully saturated rings. The van der Waals surface area contributed by atoms with Gasteiger partial charge in [0.1, 0.15) is 17.5 Å². The van der Waals surface area contributed by atoms with Gasteiger partial charge in [-0.1, -0.05) is 37.3 Å². The van der Waals surface area contributed by atoms with Crippen molar-refractivity contribution in [2.24, 2.45) is 0 Å². The summed E-state index contributed by atoms with van der Waals surface area (Å²) in [6.07, 6.45) is -1.83. The zero-order valence-electron chi connectivity index (χ0n) is 12.5. The highest BCUT2D eigenvalue weighted by Crippen LogP contribution is 2.34. The number of hydrogen-bond acceptors (Lipinski definition) is 5. The number of hydrogen-bond donors (Lipinski definition) is 1. The number of rotatable bonds is 5. The molecule has 0 bridgehead atoms. The van der Waals surface area contributed by atoms with Crippen molar-refractivity contribution in [2.45, 2.75) is 44.0 Å². The monoisotopic (exact) mass is 314 g/mol. The minimum Gasteiger partial charge on any atom is -0.389 e. The summed E-state index contributed by atoms with van der Waals surface area (Å²) in [7, 11) is -3.47. The summed E-state index contributed by atoms with van der Waals surface area (Å²) >= 11 is 0. The quantitative estimate of drug-likeness (QED) is 0.895. The second kappa shape index (κ2) is 6.04. The fourth-order valence-electron chi connectivity index (χ4n) is 2.52. The lowest BCUT2D eigenvalue weighted by Gasteiger charge is -2.27. The third-order valence-corrected chi connectivity index (χ3v) is 5.77. The maximum Gasteiger partial charge on any atom is 0.163 e. The Morgan fingerprint density at radius 1 is 1.33 bits per heavy atom. The van der Waals surface area contributed by atoms with Crippen LogP contribution in [0, 0.1) is 0 Å². The van der Waals surface area contributed by atoms with E-state index in [1.807, 2.05) is 6.07 Å². The first-order valence-electron chi connectivity index (χ1n) is 7.03. The molecule has 0 saturated carbocycles. The fourth-order valence-corrected chi connectivity index (χ4v) is 4.05. The van der Waals surface area contributed by atoms with Crippen LogP contribution in [-0.4, -0.2) is 43.9 Å². The van der Waals surface area contributed by atoms with Crippen molar-refractivity contribution in [2.75, 3.05) is 12.4 Å². The van der Waals surface area contributed by atoms with Gasteiger partial charge in [-0.2, -0.15) is 0 Å². The third-order valence-electron chi connectivity index (χ3n) is 3.64. The van der Waals surface area contributed by atoms with E-state index in [0.29, 0.717) is 5.56 Å². The number of aliphatic hydroxyl groups is 1. The fraction of sp³-hybridized carbons (Fsp3) is 0.600. The van der Waals surface area contributed by atoms with Gasteiger partial charge in [-0.15, -0.1) is 0 Å². The van der Waals surface area contributed by atoms with E-state index in [4.69, 9.17) is 9.47 Å². The summed E-state index contributed by atoms with van der Waals surface area (Å²) in [5, 5.41) is 9.57. The molecule has 1 aromatic carbocycles. The third kappa shape index (κ3) is 3.63. The summed E-state index contributed by atoms with van der Waals surface area (Å²) in [5.41, 5.74) is 0.570. The summed E-state index contributed by atoms with van der Waals surface area (Å²) in [6.45, 7) is 5.24. The van der Waals surface area contributed by atoms with E-state index in [9.17, 15) is 13.5 Å². The SMILES string of the molecule is CCS(=O)(=O)[C@H](c1ccccc1)[C@H](O)[C@H]1COC(C)(C)O1. The van der Waals surface area contributed by atoms with E-state index in [1.54, 1.807) is 45.0 Å². The first-order chi connectivity index (χ1) is 9.77. The molecule has 3 atom stereocenters. The molecule has 0 unspecified atom stereocenters. The Balaban J connectivity index is 2.33. The molecule has 0 aromatic heterocycles. The van der Waals surface area contributed by atoms with Gasteiger partial charge < -0.3 is 14.6 Å². The van der Waals surface area contributed by atoms with Gasteiger partial charge in [0.15, 0.2) is 15.6 Å². The van der Waals surface area contributed by atoms with Gasteiger partial charge in [-0.05, 0) is 19.4 Å². The van der Waals surface area contributed by atoms with Gasteiger partial charge >= 0.3 is 0 Å². The van der Waals surface area contributed by atoms with E-state index in [0.717, 1.165) is 0 Å². The van der Waals surface area contributed by atoms with Crippen molar-refractivity contribution >= 4 is 9.84 Å². The smallest absolute Gasteiger partial charge is 0.163 e. The van der Waals surface area contributed by atoms with Gasteiger partial charge in [-0.3, -0.25) is 0 Å². The van der Waals surface area contributed by atoms with E-state index >= 15 is 0 Å². The van der Waals surface area contributed by atoms with E-state index in [1.165, 1.54) is 0 Å². The number of ether oxygens (including phenoxy) is 2. The molecule has 0 spiro atoms. The second-order valence-corrected chi connectivity index (χ2v) is 8.05. The number of aliphatic hydroxyl groups excluding tert-OH is 1. The van der Waals surface area contributed by atoms with Crippen LogP contribution in [-0.2, 0) is 19.3 Å². The van der Waals surface area contributed by atoms with E-state index in [2.05, 4.69) is 0 Å². The minimum absolute atomic E-state index is 0.0411. The van der Waals surface area contributed by atoms with Crippen LogP contribution in [0.25, 0.3) is 0 Å². The average Bonchev–Trinajstić information content (AvgIpc) is 2.80. The molecule has 1 saturated heterocycles. The van der Waals surface area contributed by atoms with Gasteiger partial charge in [0, 0.05) is 5.75 Å². The molecular weight excluding hydrogens is 292 g/mol. The molecule has 6 heteroatoms. The van der Waals surface area contributed by atoms with Crippen LogP contribution in [0.3, 0.4) is 0 Å². The summed E-state index contributed by atoms with van der Waals surface area (Å²) < 4.78 is 35.9. The van der Waals surface area contributed by atoms with Gasteiger partial charge in [0.05, 0.1) is 6.61 Å². The molecule has 0 amide bonds. The van der Waals surface area contributed by atoms with Crippen molar-refractivity contribution in [3.8, 4) is 0 Å². The molecule has 21 heavy (non-hydrogen) atoms. The van der Waals surface area contributed by atoms with Gasteiger partial charge in [0.25, 0.3) is 0 Å². The number of sulfone groups is 1. The van der Waals surface area contributed by atoms with Crippen LogP contribution in [0.4, 0.5) is 0 Å². The molecule has 1 aliphatic heterocycles. The van der Waals surface area contributed by atoms with Crippen LogP contribution >= 0.6 is 0 Å².